The van der Waals surface area contributed by atoms with E-state index in [1.807, 2.05) is 4.57 Å². The van der Waals surface area contributed by atoms with Crippen LogP contribution >= 0.6 is 0 Å². The molecule has 0 aliphatic carbocycles. The fourth-order valence-electron chi connectivity index (χ4n) is 2.44. The molecule has 0 aromatic carbocycles. The second-order valence-electron chi connectivity index (χ2n) is 4.53. The lowest BCUT2D eigenvalue weighted by Crippen LogP contribution is -2.31. The Morgan fingerprint density at radius 3 is 3.17 bits per heavy atom. The van der Waals surface area contributed by atoms with E-state index in [0.717, 1.165) is 37.2 Å². The maximum absolute atomic E-state index is 12.4. The first-order valence-electron chi connectivity index (χ1n) is 6.35. The zero-order valence-electron chi connectivity index (χ0n) is 10.4. The molecule has 6 heteroatoms. The molecule has 0 bridgehead atoms. The van der Waals surface area contributed by atoms with E-state index in [1.54, 1.807) is 10.7 Å². The van der Waals surface area contributed by atoms with Crippen LogP contribution in [0.4, 0.5) is 0 Å². The van der Waals surface area contributed by atoms with E-state index < -0.39 is 0 Å². The summed E-state index contributed by atoms with van der Waals surface area (Å²) in [4.78, 5) is 12.4. The van der Waals surface area contributed by atoms with Gasteiger partial charge in [0.1, 0.15) is 6.33 Å². The van der Waals surface area contributed by atoms with Crippen molar-refractivity contribution in [3.63, 3.8) is 0 Å². The molecule has 0 spiro atoms. The normalized spacial score (nSPS) is 14.9. The molecular weight excluding hydrogens is 232 g/mol. The van der Waals surface area contributed by atoms with Gasteiger partial charge in [0.05, 0.1) is 18.9 Å². The van der Waals surface area contributed by atoms with Crippen LogP contribution in [0.2, 0.25) is 0 Å². The number of hydrogen-bond donors (Lipinski definition) is 0. The van der Waals surface area contributed by atoms with Gasteiger partial charge in [0.2, 0.25) is 5.65 Å². The number of unbranched alkanes of at least 4 members (excludes halogenated alkanes) is 1. The van der Waals surface area contributed by atoms with E-state index in [9.17, 15) is 4.79 Å². The fraction of sp³-hybridized carbons (Fsp3) is 0.583. The molecule has 0 N–H and O–H groups in total. The van der Waals surface area contributed by atoms with E-state index in [2.05, 4.69) is 17.1 Å². The van der Waals surface area contributed by atoms with Crippen molar-refractivity contribution in [2.24, 2.45) is 0 Å². The van der Waals surface area contributed by atoms with Gasteiger partial charge in [0.25, 0.3) is 5.56 Å². The Morgan fingerprint density at radius 1 is 1.44 bits per heavy atom. The van der Waals surface area contributed by atoms with Crippen molar-refractivity contribution in [3.8, 4) is 0 Å². The van der Waals surface area contributed by atoms with Crippen LogP contribution in [0.1, 0.15) is 31.2 Å². The Kier molecular flexibility index (Phi) is 2.87. The molecule has 0 amide bonds. The van der Waals surface area contributed by atoms with E-state index in [4.69, 9.17) is 4.74 Å². The van der Waals surface area contributed by atoms with Gasteiger partial charge in [-0.15, -0.1) is 10.2 Å². The summed E-state index contributed by atoms with van der Waals surface area (Å²) >= 11 is 0. The summed E-state index contributed by atoms with van der Waals surface area (Å²) in [6, 6.07) is 0. The number of ether oxygens (including phenoxy) is 1. The first kappa shape index (κ1) is 11.4. The molecule has 6 nitrogen and oxygen atoms in total. The lowest BCUT2D eigenvalue weighted by Gasteiger charge is -2.22. The molecule has 0 saturated carbocycles. The second kappa shape index (κ2) is 4.53. The topological polar surface area (TPSA) is 61.4 Å². The Balaban J connectivity index is 2.25. The molecule has 0 atom stereocenters. The molecular formula is C12H16N4O2. The van der Waals surface area contributed by atoms with Crippen LogP contribution in [-0.2, 0) is 24.3 Å². The number of hydrogen-bond acceptors (Lipinski definition) is 4. The summed E-state index contributed by atoms with van der Waals surface area (Å²) in [5.74, 6) is 0. The van der Waals surface area contributed by atoms with E-state index in [1.165, 1.54) is 0 Å². The number of fused-ring (bicyclic) bond motifs is 3. The molecule has 18 heavy (non-hydrogen) atoms. The second-order valence-corrected chi connectivity index (χ2v) is 4.53. The van der Waals surface area contributed by atoms with Crippen molar-refractivity contribution >= 4 is 5.65 Å². The van der Waals surface area contributed by atoms with E-state index in [-0.39, 0.29) is 5.56 Å². The molecule has 96 valence electrons. The van der Waals surface area contributed by atoms with Gasteiger partial charge in [-0.2, -0.15) is 0 Å². The van der Waals surface area contributed by atoms with Crippen molar-refractivity contribution in [3.05, 3.63) is 28.1 Å². The molecule has 0 fully saturated rings. The minimum atomic E-state index is -0.0402. The molecule has 1 aliphatic rings. The van der Waals surface area contributed by atoms with Gasteiger partial charge in [0, 0.05) is 18.7 Å². The summed E-state index contributed by atoms with van der Waals surface area (Å²) in [6.07, 6.45) is 4.43. The third-order valence-electron chi connectivity index (χ3n) is 3.39. The maximum Gasteiger partial charge on any atom is 0.296 e. The molecule has 0 saturated heterocycles. The van der Waals surface area contributed by atoms with Crippen molar-refractivity contribution in [1.82, 2.24) is 19.2 Å². The average molecular weight is 248 g/mol. The molecule has 0 unspecified atom stereocenters. The van der Waals surface area contributed by atoms with Crippen molar-refractivity contribution in [2.75, 3.05) is 6.61 Å². The number of aromatic nitrogens is 4. The standard InChI is InChI=1S/C12H16N4O2/c1-2-3-5-15-9-4-6-18-7-10(9)16-8-13-14-11(16)12(15)17/h8H,2-7H2,1H3. The van der Waals surface area contributed by atoms with Crippen LogP contribution in [-0.4, -0.2) is 25.8 Å². The number of nitrogens with zero attached hydrogens (tertiary/aromatic N) is 4. The summed E-state index contributed by atoms with van der Waals surface area (Å²) in [7, 11) is 0. The largest absolute Gasteiger partial charge is 0.375 e. The quantitative estimate of drug-likeness (QED) is 0.804. The predicted octanol–water partition coefficient (Wildman–Crippen LogP) is 0.764. The number of rotatable bonds is 3. The van der Waals surface area contributed by atoms with E-state index >= 15 is 0 Å². The smallest absolute Gasteiger partial charge is 0.296 e. The SMILES string of the molecule is CCCCn1c2c(n3cnnc3c1=O)COCC2. The zero-order valence-corrected chi connectivity index (χ0v) is 10.4. The molecule has 3 heterocycles. The molecule has 2 aromatic rings. The Morgan fingerprint density at radius 2 is 2.33 bits per heavy atom. The zero-order chi connectivity index (χ0) is 12.5. The van der Waals surface area contributed by atoms with Crippen molar-refractivity contribution in [1.29, 1.82) is 0 Å². The highest BCUT2D eigenvalue weighted by atomic mass is 16.5. The van der Waals surface area contributed by atoms with Crippen LogP contribution in [0, 0.1) is 0 Å². The molecule has 3 rings (SSSR count). The van der Waals surface area contributed by atoms with Crippen molar-refractivity contribution in [2.45, 2.75) is 39.3 Å². The molecule has 2 aromatic heterocycles. The third-order valence-corrected chi connectivity index (χ3v) is 3.39. The van der Waals surface area contributed by atoms with Crippen LogP contribution in [0.3, 0.4) is 0 Å². The summed E-state index contributed by atoms with van der Waals surface area (Å²) in [6.45, 7) is 4.07. The third kappa shape index (κ3) is 1.64. The van der Waals surface area contributed by atoms with Crippen LogP contribution in [0.15, 0.2) is 11.1 Å². The van der Waals surface area contributed by atoms with Gasteiger partial charge < -0.3 is 9.30 Å². The minimum absolute atomic E-state index is 0.0402. The van der Waals surface area contributed by atoms with Crippen LogP contribution < -0.4 is 5.56 Å². The van der Waals surface area contributed by atoms with Gasteiger partial charge in [-0.05, 0) is 6.42 Å². The fourth-order valence-corrected chi connectivity index (χ4v) is 2.44. The van der Waals surface area contributed by atoms with Crippen LogP contribution in [0.25, 0.3) is 5.65 Å². The Labute approximate surface area is 104 Å². The van der Waals surface area contributed by atoms with Gasteiger partial charge in [0.15, 0.2) is 0 Å². The molecule has 0 radical (unpaired) electrons. The van der Waals surface area contributed by atoms with Gasteiger partial charge >= 0.3 is 0 Å². The average Bonchev–Trinajstić information content (AvgIpc) is 2.88. The lowest BCUT2D eigenvalue weighted by atomic mass is 10.2. The van der Waals surface area contributed by atoms with E-state index in [0.29, 0.717) is 18.9 Å². The van der Waals surface area contributed by atoms with Crippen LogP contribution in [0.5, 0.6) is 0 Å². The highest BCUT2D eigenvalue weighted by Crippen LogP contribution is 2.16. The Hall–Kier alpha value is -1.69. The monoisotopic (exact) mass is 248 g/mol. The summed E-state index contributed by atoms with van der Waals surface area (Å²) in [5.41, 5.74) is 2.45. The van der Waals surface area contributed by atoms with Crippen molar-refractivity contribution < 1.29 is 4.74 Å². The minimum Gasteiger partial charge on any atom is -0.375 e. The van der Waals surface area contributed by atoms with Gasteiger partial charge in [-0.1, -0.05) is 13.3 Å². The summed E-state index contributed by atoms with van der Waals surface area (Å²) in [5, 5.41) is 7.75. The lowest BCUT2D eigenvalue weighted by molar-refractivity contribution is 0.102. The first-order chi connectivity index (χ1) is 8.83. The predicted molar refractivity (Wildman–Crippen MR) is 65.5 cm³/mol. The Bertz CT molecular complexity index is 629. The van der Waals surface area contributed by atoms with Gasteiger partial charge in [-0.25, -0.2) is 0 Å². The molecule has 1 aliphatic heterocycles. The highest BCUT2D eigenvalue weighted by molar-refractivity contribution is 5.38. The summed E-state index contributed by atoms with van der Waals surface area (Å²) < 4.78 is 9.10. The maximum atomic E-state index is 12.4. The first-order valence-corrected chi connectivity index (χ1v) is 6.35. The van der Waals surface area contributed by atoms with Gasteiger partial charge in [-0.3, -0.25) is 9.20 Å². The highest BCUT2D eigenvalue weighted by Gasteiger charge is 2.20.